The summed E-state index contributed by atoms with van der Waals surface area (Å²) >= 11 is 0. The van der Waals surface area contributed by atoms with Crippen LogP contribution in [0.1, 0.15) is 11.1 Å². The van der Waals surface area contributed by atoms with Crippen molar-refractivity contribution in [2.45, 2.75) is 12.9 Å². The second kappa shape index (κ2) is 10.4. The van der Waals surface area contributed by atoms with Crippen molar-refractivity contribution in [3.05, 3.63) is 59.7 Å². The third-order valence-electron chi connectivity index (χ3n) is 5.09. The Kier molecular flexibility index (Phi) is 7.63. The molecule has 0 N–H and O–H groups in total. The first-order valence-electron chi connectivity index (χ1n) is 10.0. The third kappa shape index (κ3) is 6.40. The molecule has 0 bridgehead atoms. The summed E-state index contributed by atoms with van der Waals surface area (Å²) in [6.07, 6.45) is -1.47. The van der Waals surface area contributed by atoms with Gasteiger partial charge in [-0.05, 0) is 29.8 Å². The predicted octanol–water partition coefficient (Wildman–Crippen LogP) is 3.96. The van der Waals surface area contributed by atoms with Gasteiger partial charge in [0.15, 0.2) is 11.5 Å². The number of piperazine rings is 1. The molecular weight excluding hydrogens is 425 g/mol. The molecule has 0 aliphatic carbocycles. The molecule has 0 atom stereocenters. The van der Waals surface area contributed by atoms with Gasteiger partial charge in [0, 0.05) is 44.4 Å². The molecule has 2 aromatic rings. The Morgan fingerprint density at radius 2 is 1.69 bits per heavy atom. The van der Waals surface area contributed by atoms with E-state index in [-0.39, 0.29) is 11.7 Å². The Balaban J connectivity index is 1.51. The standard InChI is InChI=1S/C23H25F3N2O4/c1-30-20-5-3-4-18(22(20)31-2)8-11-21(29)28-14-12-27(13-15-28)16-17-6-9-19(10-7-17)32-23(24,25)26/h3-11H,12-16H2,1-2H3/b11-8+. The molecule has 1 heterocycles. The molecule has 1 saturated heterocycles. The number of carbonyl (C=O) groups is 1. The summed E-state index contributed by atoms with van der Waals surface area (Å²) in [6.45, 7) is 3.05. The van der Waals surface area contributed by atoms with E-state index in [0.717, 1.165) is 11.1 Å². The molecule has 0 saturated carbocycles. The van der Waals surface area contributed by atoms with Crippen LogP contribution in [0.4, 0.5) is 13.2 Å². The van der Waals surface area contributed by atoms with Crippen LogP contribution in [0.3, 0.4) is 0 Å². The molecule has 0 aromatic heterocycles. The van der Waals surface area contributed by atoms with Crippen LogP contribution in [0.25, 0.3) is 6.08 Å². The Labute approximate surface area is 184 Å². The average molecular weight is 450 g/mol. The van der Waals surface area contributed by atoms with Crippen LogP contribution in [-0.2, 0) is 11.3 Å². The van der Waals surface area contributed by atoms with Crippen molar-refractivity contribution in [2.75, 3.05) is 40.4 Å². The highest BCUT2D eigenvalue weighted by Gasteiger charge is 2.31. The van der Waals surface area contributed by atoms with Gasteiger partial charge in [0.1, 0.15) is 5.75 Å². The van der Waals surface area contributed by atoms with Gasteiger partial charge < -0.3 is 19.1 Å². The maximum Gasteiger partial charge on any atom is 0.573 e. The fourth-order valence-electron chi connectivity index (χ4n) is 3.49. The summed E-state index contributed by atoms with van der Waals surface area (Å²) < 4.78 is 51.3. The normalized spacial score (nSPS) is 15.1. The molecule has 0 unspecified atom stereocenters. The van der Waals surface area contributed by atoms with Crippen molar-refractivity contribution in [1.82, 2.24) is 9.80 Å². The number of nitrogens with zero attached hydrogens (tertiary/aromatic N) is 2. The number of benzene rings is 2. The first-order chi connectivity index (χ1) is 15.3. The number of hydrogen-bond acceptors (Lipinski definition) is 5. The number of hydrogen-bond donors (Lipinski definition) is 0. The van der Waals surface area contributed by atoms with Gasteiger partial charge in [0.2, 0.25) is 5.91 Å². The van der Waals surface area contributed by atoms with E-state index in [1.807, 2.05) is 12.1 Å². The van der Waals surface area contributed by atoms with Crippen LogP contribution >= 0.6 is 0 Å². The fourth-order valence-corrected chi connectivity index (χ4v) is 3.49. The van der Waals surface area contributed by atoms with Crippen LogP contribution in [0.5, 0.6) is 17.2 Å². The topological polar surface area (TPSA) is 51.2 Å². The van der Waals surface area contributed by atoms with Crippen LogP contribution in [-0.4, -0.2) is 62.5 Å². The number of amides is 1. The second-order valence-corrected chi connectivity index (χ2v) is 7.21. The SMILES string of the molecule is COc1cccc(/C=C/C(=O)N2CCN(Cc3ccc(OC(F)(F)F)cc3)CC2)c1OC. The highest BCUT2D eigenvalue weighted by Crippen LogP contribution is 2.31. The molecular formula is C23H25F3N2O4. The number of methoxy groups -OCH3 is 2. The summed E-state index contributed by atoms with van der Waals surface area (Å²) in [5, 5.41) is 0. The minimum absolute atomic E-state index is 0.0943. The molecule has 2 aromatic carbocycles. The molecule has 3 rings (SSSR count). The Hall–Kier alpha value is -3.20. The van der Waals surface area contributed by atoms with E-state index in [1.54, 1.807) is 43.4 Å². The lowest BCUT2D eigenvalue weighted by Crippen LogP contribution is -2.47. The first-order valence-corrected chi connectivity index (χ1v) is 10.0. The molecule has 1 aliphatic rings. The van der Waals surface area contributed by atoms with E-state index in [1.165, 1.54) is 18.2 Å². The minimum Gasteiger partial charge on any atom is -0.493 e. The van der Waals surface area contributed by atoms with Crippen LogP contribution < -0.4 is 14.2 Å². The first kappa shape index (κ1) is 23.5. The highest BCUT2D eigenvalue weighted by molar-refractivity contribution is 5.92. The predicted molar refractivity (Wildman–Crippen MR) is 114 cm³/mol. The van der Waals surface area contributed by atoms with E-state index in [4.69, 9.17) is 9.47 Å². The largest absolute Gasteiger partial charge is 0.573 e. The number of carbonyl (C=O) groups excluding carboxylic acids is 1. The lowest BCUT2D eigenvalue weighted by molar-refractivity contribution is -0.274. The number of halogens is 3. The van der Waals surface area contributed by atoms with E-state index in [2.05, 4.69) is 9.64 Å². The molecule has 6 nitrogen and oxygen atoms in total. The summed E-state index contributed by atoms with van der Waals surface area (Å²) in [4.78, 5) is 16.5. The van der Waals surface area contributed by atoms with E-state index in [0.29, 0.717) is 44.2 Å². The number of rotatable bonds is 7. The van der Waals surface area contributed by atoms with E-state index >= 15 is 0 Å². The molecule has 1 aliphatic heterocycles. The van der Waals surface area contributed by atoms with Gasteiger partial charge in [0.25, 0.3) is 0 Å². The summed E-state index contributed by atoms with van der Waals surface area (Å²) in [5.41, 5.74) is 1.63. The van der Waals surface area contributed by atoms with Crippen molar-refractivity contribution in [2.24, 2.45) is 0 Å². The zero-order valence-corrected chi connectivity index (χ0v) is 17.9. The van der Waals surface area contributed by atoms with Gasteiger partial charge in [-0.15, -0.1) is 13.2 Å². The lowest BCUT2D eigenvalue weighted by Gasteiger charge is -2.34. The molecule has 1 fully saturated rings. The summed E-state index contributed by atoms with van der Waals surface area (Å²) in [5.74, 6) is 0.823. The van der Waals surface area contributed by atoms with Crippen LogP contribution in [0.15, 0.2) is 48.5 Å². The van der Waals surface area contributed by atoms with E-state index in [9.17, 15) is 18.0 Å². The van der Waals surface area contributed by atoms with E-state index < -0.39 is 6.36 Å². The number of ether oxygens (including phenoxy) is 3. The Morgan fingerprint density at radius 3 is 2.28 bits per heavy atom. The van der Waals surface area contributed by atoms with Gasteiger partial charge >= 0.3 is 6.36 Å². The smallest absolute Gasteiger partial charge is 0.493 e. The Bertz CT molecular complexity index is 937. The second-order valence-electron chi connectivity index (χ2n) is 7.21. The van der Waals surface area contributed by atoms with Gasteiger partial charge in [-0.25, -0.2) is 0 Å². The van der Waals surface area contributed by atoms with Crippen molar-refractivity contribution in [3.8, 4) is 17.2 Å². The molecule has 0 spiro atoms. The maximum atomic E-state index is 12.6. The third-order valence-corrected chi connectivity index (χ3v) is 5.09. The Morgan fingerprint density at radius 1 is 1.00 bits per heavy atom. The van der Waals surface area contributed by atoms with Crippen LogP contribution in [0, 0.1) is 0 Å². The van der Waals surface area contributed by atoms with Gasteiger partial charge in [-0.3, -0.25) is 9.69 Å². The van der Waals surface area contributed by atoms with Crippen molar-refractivity contribution in [3.63, 3.8) is 0 Å². The molecule has 0 radical (unpaired) electrons. The molecule has 172 valence electrons. The highest BCUT2D eigenvalue weighted by atomic mass is 19.4. The summed E-state index contributed by atoms with van der Waals surface area (Å²) in [7, 11) is 3.10. The van der Waals surface area contributed by atoms with Gasteiger partial charge in [-0.1, -0.05) is 24.3 Å². The number of alkyl halides is 3. The fraction of sp³-hybridized carbons (Fsp3) is 0.348. The average Bonchev–Trinajstić information content (AvgIpc) is 2.78. The molecule has 9 heteroatoms. The van der Waals surface area contributed by atoms with Crippen molar-refractivity contribution in [1.29, 1.82) is 0 Å². The quantitative estimate of drug-likeness (QED) is 0.598. The van der Waals surface area contributed by atoms with Crippen molar-refractivity contribution < 1.29 is 32.2 Å². The molecule has 32 heavy (non-hydrogen) atoms. The maximum absolute atomic E-state index is 12.6. The van der Waals surface area contributed by atoms with Gasteiger partial charge in [0.05, 0.1) is 14.2 Å². The van der Waals surface area contributed by atoms with Crippen molar-refractivity contribution >= 4 is 12.0 Å². The van der Waals surface area contributed by atoms with Gasteiger partial charge in [-0.2, -0.15) is 0 Å². The zero-order valence-electron chi connectivity index (χ0n) is 17.9. The lowest BCUT2D eigenvalue weighted by atomic mass is 10.1. The summed E-state index contributed by atoms with van der Waals surface area (Å²) in [6, 6.07) is 11.3. The minimum atomic E-state index is -4.70. The van der Waals surface area contributed by atoms with Crippen LogP contribution in [0.2, 0.25) is 0 Å². The number of para-hydroxylation sites is 1. The zero-order chi connectivity index (χ0) is 23.1. The molecule has 1 amide bonds. The monoisotopic (exact) mass is 450 g/mol.